The second kappa shape index (κ2) is 11.2. The predicted molar refractivity (Wildman–Crippen MR) is 243 cm³/mol. The Morgan fingerprint density at radius 3 is 2.20 bits per heavy atom. The molecule has 0 fully saturated rings. The lowest BCUT2D eigenvalue weighted by Crippen LogP contribution is -2.41. The second-order valence-corrected chi connectivity index (χ2v) is 18.7. The quantitative estimate of drug-likeness (QED) is 0.179. The molecule has 1 N–H and O–H groups in total. The number of aromatic amines is 1. The lowest BCUT2D eigenvalue weighted by molar-refractivity contribution is 0.332. The van der Waals surface area contributed by atoms with E-state index in [1.165, 1.54) is 111 Å². The first-order chi connectivity index (χ1) is 27.1. The standard InChI is InChI=1S/C51H41BN2OS/c1-28-23-37-38(51(4,5)22-21-50(37,2)3)26-40(28)54-41-25-35-31-15-8-10-19-42(31)55-43(35)27-39(41)52-46-36(24-29-13-6-7-14-30(29)48(46)54)32-17-12-18-34-45-33-16-9-11-20-44(33)56-49(45)53-47(32)34/h6-20,23-27,52-53H,21-22H2,1-5H3. The molecule has 0 radical (unpaired) electrons. The summed E-state index contributed by atoms with van der Waals surface area (Å²) >= 11 is 1.85. The molecule has 270 valence electrons. The molecule has 0 amide bonds. The number of fused-ring (bicyclic) bond motifs is 13. The third kappa shape index (κ3) is 4.41. The highest BCUT2D eigenvalue weighted by Crippen LogP contribution is 2.51. The SMILES string of the molecule is Cc1cc2c(cc1N1c3cc4c(cc3Bc3c(-c5cccc6c5[nH]c5sc7ccccc7c56)cc5ccccc5c31)oc1ccccc14)C(C)(C)CCC2(C)C. The highest BCUT2D eigenvalue weighted by atomic mass is 32.1. The van der Waals surface area contributed by atoms with Crippen LogP contribution in [0.5, 0.6) is 0 Å². The van der Waals surface area contributed by atoms with Crippen molar-refractivity contribution in [3.8, 4) is 11.1 Å². The van der Waals surface area contributed by atoms with Gasteiger partial charge in [-0.2, -0.15) is 0 Å². The number of hydrogen-bond acceptors (Lipinski definition) is 3. The van der Waals surface area contributed by atoms with E-state index in [0.29, 0.717) is 0 Å². The monoisotopic (exact) mass is 740 g/mol. The number of hydrogen-bond donors (Lipinski definition) is 1. The zero-order chi connectivity index (χ0) is 37.7. The largest absolute Gasteiger partial charge is 0.456 e. The lowest BCUT2D eigenvalue weighted by atomic mass is 9.57. The van der Waals surface area contributed by atoms with Crippen molar-refractivity contribution in [3.63, 3.8) is 0 Å². The zero-order valence-electron chi connectivity index (χ0n) is 32.4. The maximum atomic E-state index is 6.58. The van der Waals surface area contributed by atoms with Gasteiger partial charge in [0.05, 0.1) is 5.52 Å². The first-order valence-corrected chi connectivity index (χ1v) is 20.8. The molecule has 4 heterocycles. The van der Waals surface area contributed by atoms with Gasteiger partial charge in [-0.1, -0.05) is 118 Å². The lowest BCUT2D eigenvalue weighted by Gasteiger charge is -2.44. The van der Waals surface area contributed by atoms with Crippen LogP contribution in [0.2, 0.25) is 0 Å². The number of anilines is 3. The Labute approximate surface area is 330 Å². The van der Waals surface area contributed by atoms with Crippen LogP contribution in [0.15, 0.2) is 126 Å². The van der Waals surface area contributed by atoms with E-state index in [2.05, 4.69) is 166 Å². The van der Waals surface area contributed by atoms with E-state index in [-0.39, 0.29) is 10.8 Å². The van der Waals surface area contributed by atoms with Crippen molar-refractivity contribution in [2.24, 2.45) is 0 Å². The molecule has 5 heteroatoms. The van der Waals surface area contributed by atoms with Crippen LogP contribution in [0.4, 0.5) is 17.1 Å². The fourth-order valence-electron chi connectivity index (χ4n) is 10.3. The summed E-state index contributed by atoms with van der Waals surface area (Å²) in [5.41, 5.74) is 16.5. The van der Waals surface area contributed by atoms with E-state index in [9.17, 15) is 0 Å². The van der Waals surface area contributed by atoms with Crippen molar-refractivity contribution >= 4 is 111 Å². The maximum Gasteiger partial charge on any atom is 0.198 e. The molecular weight excluding hydrogens is 699 g/mol. The van der Waals surface area contributed by atoms with Crippen molar-refractivity contribution in [1.29, 1.82) is 0 Å². The van der Waals surface area contributed by atoms with Gasteiger partial charge < -0.3 is 14.3 Å². The molecule has 3 nitrogen and oxygen atoms in total. The van der Waals surface area contributed by atoms with Crippen LogP contribution < -0.4 is 15.8 Å². The molecule has 0 saturated carbocycles. The third-order valence-corrected chi connectivity index (χ3v) is 14.5. The van der Waals surface area contributed by atoms with Crippen molar-refractivity contribution in [2.75, 3.05) is 4.90 Å². The van der Waals surface area contributed by atoms with Gasteiger partial charge in [0.2, 0.25) is 0 Å². The van der Waals surface area contributed by atoms with Crippen LogP contribution in [0.3, 0.4) is 0 Å². The van der Waals surface area contributed by atoms with E-state index in [0.717, 1.165) is 29.2 Å². The Kier molecular flexibility index (Phi) is 6.48. The van der Waals surface area contributed by atoms with E-state index in [1.54, 1.807) is 0 Å². The normalized spacial score (nSPS) is 15.8. The topological polar surface area (TPSA) is 32.2 Å². The summed E-state index contributed by atoms with van der Waals surface area (Å²) < 4.78 is 7.90. The van der Waals surface area contributed by atoms with E-state index >= 15 is 0 Å². The Hall–Kier alpha value is -5.78. The first kappa shape index (κ1) is 32.5. The number of rotatable bonds is 2. The van der Waals surface area contributed by atoms with Gasteiger partial charge in [-0.05, 0) is 100 Å². The van der Waals surface area contributed by atoms with Gasteiger partial charge in [-0.25, -0.2) is 0 Å². The molecule has 0 bridgehead atoms. The molecule has 0 spiro atoms. The van der Waals surface area contributed by atoms with Crippen LogP contribution in [-0.2, 0) is 10.8 Å². The van der Waals surface area contributed by atoms with Crippen LogP contribution >= 0.6 is 11.3 Å². The molecule has 12 rings (SSSR count). The van der Waals surface area contributed by atoms with Crippen molar-refractivity contribution < 1.29 is 4.42 Å². The number of aryl methyl sites for hydroxylation is 1. The fourth-order valence-corrected chi connectivity index (χ4v) is 11.5. The van der Waals surface area contributed by atoms with Gasteiger partial charge in [0.1, 0.15) is 16.0 Å². The minimum Gasteiger partial charge on any atom is -0.456 e. The Morgan fingerprint density at radius 1 is 0.643 bits per heavy atom. The van der Waals surface area contributed by atoms with Gasteiger partial charge in [-0.15, -0.1) is 11.3 Å². The summed E-state index contributed by atoms with van der Waals surface area (Å²) in [5.74, 6) is 0. The summed E-state index contributed by atoms with van der Waals surface area (Å²) in [6.07, 6.45) is 2.36. The predicted octanol–water partition coefficient (Wildman–Crippen LogP) is 13.1. The molecule has 7 aromatic carbocycles. The molecule has 2 aliphatic rings. The third-order valence-electron chi connectivity index (χ3n) is 13.4. The highest BCUT2D eigenvalue weighted by molar-refractivity contribution is 7.25. The van der Waals surface area contributed by atoms with Crippen LogP contribution in [0.1, 0.15) is 57.2 Å². The van der Waals surface area contributed by atoms with Crippen LogP contribution in [0, 0.1) is 6.92 Å². The second-order valence-electron chi connectivity index (χ2n) is 17.7. The molecule has 3 aromatic heterocycles. The average molecular weight is 741 g/mol. The number of benzene rings is 7. The minimum absolute atomic E-state index is 0.0731. The number of aromatic nitrogens is 1. The number of para-hydroxylation sites is 2. The number of nitrogens with zero attached hydrogens (tertiary/aromatic N) is 1. The molecular formula is C51H41BN2OS. The van der Waals surface area contributed by atoms with Gasteiger partial charge >= 0.3 is 0 Å². The maximum absolute atomic E-state index is 6.58. The van der Waals surface area contributed by atoms with E-state index in [1.807, 2.05) is 11.3 Å². The van der Waals surface area contributed by atoms with Crippen LogP contribution in [0.25, 0.3) is 75.0 Å². The van der Waals surface area contributed by atoms with E-state index in [4.69, 9.17) is 4.42 Å². The Balaban J connectivity index is 1.20. The molecule has 1 aliphatic heterocycles. The van der Waals surface area contributed by atoms with Crippen molar-refractivity contribution in [3.05, 3.63) is 138 Å². The Morgan fingerprint density at radius 2 is 1.36 bits per heavy atom. The van der Waals surface area contributed by atoms with E-state index < -0.39 is 0 Å². The van der Waals surface area contributed by atoms with Crippen molar-refractivity contribution in [1.82, 2.24) is 4.98 Å². The van der Waals surface area contributed by atoms with Crippen LogP contribution in [-0.4, -0.2) is 12.3 Å². The van der Waals surface area contributed by atoms with Crippen molar-refractivity contribution in [2.45, 2.75) is 58.3 Å². The minimum atomic E-state index is 0.0731. The molecule has 10 aromatic rings. The molecule has 0 unspecified atom stereocenters. The zero-order valence-corrected chi connectivity index (χ0v) is 33.2. The van der Waals surface area contributed by atoms with Gasteiger partial charge in [0.25, 0.3) is 0 Å². The summed E-state index contributed by atoms with van der Waals surface area (Å²) in [5, 5.41) is 8.77. The van der Waals surface area contributed by atoms with Gasteiger partial charge in [0, 0.05) is 59.6 Å². The number of nitrogens with one attached hydrogen (secondary N) is 1. The first-order valence-electron chi connectivity index (χ1n) is 20.0. The molecule has 1 aliphatic carbocycles. The van der Waals surface area contributed by atoms with Gasteiger partial charge in [-0.3, -0.25) is 0 Å². The highest BCUT2D eigenvalue weighted by Gasteiger charge is 2.39. The number of furan rings is 1. The number of H-pyrrole nitrogens is 1. The molecule has 0 saturated heterocycles. The summed E-state index contributed by atoms with van der Waals surface area (Å²) in [6, 6.07) is 45.5. The summed E-state index contributed by atoms with van der Waals surface area (Å²) in [7, 11) is 0.797. The van der Waals surface area contributed by atoms with Gasteiger partial charge in [0.15, 0.2) is 7.28 Å². The molecule has 56 heavy (non-hydrogen) atoms. The summed E-state index contributed by atoms with van der Waals surface area (Å²) in [4.78, 5) is 7.81. The fraction of sp³-hybridized carbons (Fsp3) is 0.176. The number of thiophene rings is 1. The average Bonchev–Trinajstić information content (AvgIpc) is 3.87. The Bertz CT molecular complexity index is 3320. The summed E-state index contributed by atoms with van der Waals surface area (Å²) in [6.45, 7) is 12.1. The molecule has 0 atom stereocenters. The smallest absolute Gasteiger partial charge is 0.198 e.